The number of aliphatic hydroxyl groups is 1. The Balaban J connectivity index is 3.43. The topological polar surface area (TPSA) is 151 Å². The average Bonchev–Trinajstić information content (AvgIpc) is 2.27. The van der Waals surface area contributed by atoms with Crippen LogP contribution in [0.3, 0.4) is 0 Å². The van der Waals surface area contributed by atoms with Crippen LogP contribution in [0.2, 0.25) is 0 Å². The molecule has 0 aliphatic rings. The fourth-order valence-corrected chi connectivity index (χ4v) is 0.918. The van der Waals surface area contributed by atoms with Crippen LogP contribution in [-0.2, 0) is 14.3 Å². The molecule has 0 bridgehead atoms. The highest BCUT2D eigenvalue weighted by molar-refractivity contribution is 5.75. The Morgan fingerprint density at radius 3 is 2.39 bits per heavy atom. The Morgan fingerprint density at radius 2 is 1.83 bits per heavy atom. The number of carbonyl (C=O) groups is 3. The van der Waals surface area contributed by atoms with Gasteiger partial charge in [-0.3, -0.25) is 4.79 Å². The van der Waals surface area contributed by atoms with Crippen molar-refractivity contribution in [2.45, 2.75) is 12.5 Å². The zero-order valence-electron chi connectivity index (χ0n) is 9.72. The van der Waals surface area contributed by atoms with Crippen LogP contribution in [-0.4, -0.2) is 60.5 Å². The van der Waals surface area contributed by atoms with Gasteiger partial charge < -0.3 is 31.3 Å². The number of nitrogens with two attached hydrogens (primary N) is 1. The number of hydrogen-bond donors (Lipinski definition) is 5. The number of amides is 3. The molecule has 0 aromatic carbocycles. The van der Waals surface area contributed by atoms with E-state index in [1.807, 2.05) is 0 Å². The van der Waals surface area contributed by atoms with Crippen LogP contribution in [0, 0.1) is 0 Å². The van der Waals surface area contributed by atoms with Crippen molar-refractivity contribution >= 4 is 17.9 Å². The lowest BCUT2D eigenvalue weighted by Gasteiger charge is -2.08. The minimum Gasteiger partial charge on any atom is -0.479 e. The van der Waals surface area contributed by atoms with Crippen LogP contribution in [0.25, 0.3) is 0 Å². The van der Waals surface area contributed by atoms with Crippen molar-refractivity contribution in [2.75, 3.05) is 26.3 Å². The largest absolute Gasteiger partial charge is 0.479 e. The lowest BCUT2D eigenvalue weighted by atomic mass is 10.2. The first-order valence-corrected chi connectivity index (χ1v) is 5.22. The van der Waals surface area contributed by atoms with Gasteiger partial charge >= 0.3 is 12.0 Å². The molecule has 0 aliphatic carbocycles. The summed E-state index contributed by atoms with van der Waals surface area (Å²) in [4.78, 5) is 31.6. The van der Waals surface area contributed by atoms with Crippen molar-refractivity contribution in [3.63, 3.8) is 0 Å². The number of aliphatic carboxylic acids is 1. The van der Waals surface area contributed by atoms with Crippen LogP contribution in [0.4, 0.5) is 4.79 Å². The van der Waals surface area contributed by atoms with Crippen molar-refractivity contribution in [1.82, 2.24) is 10.6 Å². The molecule has 1 atom stereocenters. The lowest BCUT2D eigenvalue weighted by Crippen LogP contribution is -2.39. The Morgan fingerprint density at radius 1 is 1.22 bits per heavy atom. The first kappa shape index (κ1) is 16.1. The number of urea groups is 1. The fraction of sp³-hybridized carbons (Fsp3) is 0.667. The molecular weight excluding hydrogens is 246 g/mol. The zero-order valence-corrected chi connectivity index (χ0v) is 9.72. The SMILES string of the molecule is NC(=O)COCCNC(=O)NCCC(O)C(=O)O. The molecule has 0 saturated carbocycles. The second kappa shape index (κ2) is 9.19. The van der Waals surface area contributed by atoms with E-state index in [4.69, 9.17) is 20.7 Å². The van der Waals surface area contributed by atoms with Gasteiger partial charge in [0.05, 0.1) is 6.61 Å². The van der Waals surface area contributed by atoms with Gasteiger partial charge in [0.2, 0.25) is 5.91 Å². The van der Waals surface area contributed by atoms with Gasteiger partial charge in [-0.15, -0.1) is 0 Å². The van der Waals surface area contributed by atoms with Gasteiger partial charge in [-0.25, -0.2) is 9.59 Å². The van der Waals surface area contributed by atoms with Crippen LogP contribution in [0.5, 0.6) is 0 Å². The predicted octanol–water partition coefficient (Wildman–Crippen LogP) is -2.38. The zero-order chi connectivity index (χ0) is 14.0. The molecule has 18 heavy (non-hydrogen) atoms. The number of carbonyl (C=O) groups excluding carboxylic acids is 2. The molecule has 0 aliphatic heterocycles. The highest BCUT2D eigenvalue weighted by Gasteiger charge is 2.12. The van der Waals surface area contributed by atoms with Crippen LogP contribution >= 0.6 is 0 Å². The monoisotopic (exact) mass is 263 g/mol. The van der Waals surface area contributed by atoms with Gasteiger partial charge in [-0.1, -0.05) is 0 Å². The van der Waals surface area contributed by atoms with E-state index in [1.165, 1.54) is 0 Å². The minimum atomic E-state index is -1.50. The Kier molecular flexibility index (Phi) is 8.24. The van der Waals surface area contributed by atoms with E-state index in [2.05, 4.69) is 10.6 Å². The van der Waals surface area contributed by atoms with Gasteiger partial charge in [0.1, 0.15) is 6.61 Å². The smallest absolute Gasteiger partial charge is 0.332 e. The summed E-state index contributed by atoms with van der Waals surface area (Å²) in [5.41, 5.74) is 4.82. The third-order valence-electron chi connectivity index (χ3n) is 1.76. The number of carboxylic acid groups (broad SMARTS) is 1. The first-order valence-electron chi connectivity index (χ1n) is 5.22. The number of aliphatic hydroxyl groups excluding tert-OH is 1. The van der Waals surface area contributed by atoms with Crippen LogP contribution < -0.4 is 16.4 Å². The van der Waals surface area contributed by atoms with Gasteiger partial charge in [-0.05, 0) is 0 Å². The standard InChI is InChI=1S/C9H17N3O6/c10-7(14)5-18-4-3-12-9(17)11-2-1-6(13)8(15)16/h6,13H,1-5H2,(H2,10,14)(H,15,16)(H2,11,12,17). The maximum Gasteiger partial charge on any atom is 0.332 e. The Labute approximate surface area is 103 Å². The third-order valence-corrected chi connectivity index (χ3v) is 1.76. The lowest BCUT2D eigenvalue weighted by molar-refractivity contribution is -0.146. The van der Waals surface area contributed by atoms with Crippen molar-refractivity contribution in [3.8, 4) is 0 Å². The van der Waals surface area contributed by atoms with E-state index in [9.17, 15) is 14.4 Å². The van der Waals surface area contributed by atoms with E-state index in [-0.39, 0.29) is 32.7 Å². The van der Waals surface area contributed by atoms with Crippen LogP contribution in [0.1, 0.15) is 6.42 Å². The molecule has 9 nitrogen and oxygen atoms in total. The molecule has 0 rings (SSSR count). The van der Waals surface area contributed by atoms with E-state index < -0.39 is 24.0 Å². The van der Waals surface area contributed by atoms with Crippen molar-refractivity contribution in [2.24, 2.45) is 5.73 Å². The van der Waals surface area contributed by atoms with Crippen molar-refractivity contribution in [1.29, 1.82) is 0 Å². The second-order valence-corrected chi connectivity index (χ2v) is 3.34. The van der Waals surface area contributed by atoms with Crippen LogP contribution in [0.15, 0.2) is 0 Å². The van der Waals surface area contributed by atoms with Crippen molar-refractivity contribution in [3.05, 3.63) is 0 Å². The number of hydrogen-bond acceptors (Lipinski definition) is 5. The van der Waals surface area contributed by atoms with E-state index in [0.29, 0.717) is 0 Å². The Hall–Kier alpha value is -1.87. The number of ether oxygens (including phenoxy) is 1. The number of rotatable bonds is 9. The number of primary amides is 1. The fourth-order valence-electron chi connectivity index (χ4n) is 0.918. The summed E-state index contributed by atoms with van der Waals surface area (Å²) in [7, 11) is 0. The third kappa shape index (κ3) is 9.36. The highest BCUT2D eigenvalue weighted by Crippen LogP contribution is 1.88. The summed E-state index contributed by atoms with van der Waals surface area (Å²) in [6.45, 7) is 0.129. The molecule has 3 amide bonds. The summed E-state index contributed by atoms with van der Waals surface area (Å²) in [6.07, 6.45) is -1.58. The number of carboxylic acids is 1. The van der Waals surface area contributed by atoms with Gasteiger partial charge in [0.25, 0.3) is 0 Å². The molecule has 0 aromatic rings. The summed E-state index contributed by atoms with van der Waals surface area (Å²) in [6, 6.07) is -0.518. The minimum absolute atomic E-state index is 0.0292. The molecule has 0 saturated heterocycles. The molecule has 0 radical (unpaired) electrons. The van der Waals surface area contributed by atoms with Gasteiger partial charge in [0.15, 0.2) is 6.10 Å². The first-order chi connectivity index (χ1) is 8.43. The molecule has 0 aromatic heterocycles. The summed E-state index contributed by atoms with van der Waals surface area (Å²) in [5.74, 6) is -1.93. The van der Waals surface area contributed by atoms with Crippen molar-refractivity contribution < 1.29 is 29.3 Å². The molecule has 6 N–H and O–H groups in total. The predicted molar refractivity (Wildman–Crippen MR) is 59.7 cm³/mol. The normalized spacial score (nSPS) is 11.6. The molecule has 1 unspecified atom stereocenters. The number of nitrogens with one attached hydrogen (secondary N) is 2. The van der Waals surface area contributed by atoms with Gasteiger partial charge in [0, 0.05) is 19.5 Å². The van der Waals surface area contributed by atoms with E-state index >= 15 is 0 Å². The molecule has 0 fully saturated rings. The molecule has 0 spiro atoms. The highest BCUT2D eigenvalue weighted by atomic mass is 16.5. The summed E-state index contributed by atoms with van der Waals surface area (Å²) in [5, 5.41) is 22.0. The van der Waals surface area contributed by atoms with Gasteiger partial charge in [-0.2, -0.15) is 0 Å². The molecule has 9 heteroatoms. The maximum absolute atomic E-state index is 11.1. The Bertz CT molecular complexity index is 296. The molecule has 104 valence electrons. The summed E-state index contributed by atoms with van der Waals surface area (Å²) >= 11 is 0. The average molecular weight is 263 g/mol. The quantitative estimate of drug-likeness (QED) is 0.293. The van der Waals surface area contributed by atoms with E-state index in [0.717, 1.165) is 0 Å². The van der Waals surface area contributed by atoms with E-state index in [1.54, 1.807) is 0 Å². The summed E-state index contributed by atoms with van der Waals surface area (Å²) < 4.78 is 4.78. The molecule has 0 heterocycles. The molecular formula is C9H17N3O6. The second-order valence-electron chi connectivity index (χ2n) is 3.34. The maximum atomic E-state index is 11.1.